The normalized spacial score (nSPS) is 12.5. The topological polar surface area (TPSA) is 86.8 Å². The second kappa shape index (κ2) is 13.0. The second-order valence-electron chi connectivity index (χ2n) is 11.1. The lowest BCUT2D eigenvalue weighted by Gasteiger charge is -2.35. The molecule has 0 aliphatic heterocycles. The third-order valence-electron chi connectivity index (χ3n) is 6.40. The number of carbonyl (C=O) groups excluding carboxylic acids is 2. The Morgan fingerprint density at radius 1 is 0.875 bits per heavy atom. The molecule has 1 atom stereocenters. The number of amides is 2. The number of carbonyl (C=O) groups is 2. The van der Waals surface area contributed by atoms with Gasteiger partial charge in [0, 0.05) is 23.0 Å². The van der Waals surface area contributed by atoms with Crippen LogP contribution in [-0.4, -0.2) is 49.5 Å². The number of anilines is 1. The Hall–Kier alpha value is -3.17. The van der Waals surface area contributed by atoms with E-state index in [2.05, 4.69) is 21.2 Å². The molecule has 0 aliphatic rings. The highest BCUT2D eigenvalue weighted by atomic mass is 79.9. The summed E-state index contributed by atoms with van der Waals surface area (Å²) >= 11 is 3.45. The van der Waals surface area contributed by atoms with Gasteiger partial charge in [-0.15, -0.1) is 0 Å². The molecule has 0 unspecified atom stereocenters. The summed E-state index contributed by atoms with van der Waals surface area (Å²) in [5.41, 5.74) is 3.12. The van der Waals surface area contributed by atoms with Gasteiger partial charge in [0.25, 0.3) is 0 Å². The molecule has 3 rings (SSSR count). The molecule has 0 saturated heterocycles. The van der Waals surface area contributed by atoms with Crippen molar-refractivity contribution in [3.63, 3.8) is 0 Å². The molecule has 0 spiro atoms. The van der Waals surface area contributed by atoms with Gasteiger partial charge in [-0.3, -0.25) is 13.9 Å². The monoisotopic (exact) mass is 627 g/mol. The summed E-state index contributed by atoms with van der Waals surface area (Å²) < 4.78 is 28.1. The molecule has 3 aromatic rings. The Bertz CT molecular complexity index is 1420. The number of hydrogen-bond donors (Lipinski definition) is 1. The Morgan fingerprint density at radius 3 is 1.98 bits per heavy atom. The molecule has 2 amide bonds. The maximum absolute atomic E-state index is 14.2. The Balaban J connectivity index is 2.10. The molecule has 0 radical (unpaired) electrons. The van der Waals surface area contributed by atoms with Gasteiger partial charge in [-0.05, 0) is 69.0 Å². The zero-order valence-corrected chi connectivity index (χ0v) is 26.3. The first-order chi connectivity index (χ1) is 18.7. The number of rotatable bonds is 10. The minimum absolute atomic E-state index is 0.130. The average Bonchev–Trinajstić information content (AvgIpc) is 2.85. The van der Waals surface area contributed by atoms with E-state index >= 15 is 0 Å². The Labute approximate surface area is 246 Å². The second-order valence-corrected chi connectivity index (χ2v) is 13.9. The molecular formula is C31H38BrN3O4S. The lowest BCUT2D eigenvalue weighted by Crippen LogP contribution is -2.56. The number of aryl methyl sites for hydroxylation is 2. The van der Waals surface area contributed by atoms with Crippen LogP contribution in [0.1, 0.15) is 43.0 Å². The molecule has 3 aromatic carbocycles. The quantitative estimate of drug-likeness (QED) is 0.327. The molecule has 0 bridgehead atoms. The van der Waals surface area contributed by atoms with Gasteiger partial charge >= 0.3 is 0 Å². The van der Waals surface area contributed by atoms with Gasteiger partial charge < -0.3 is 10.2 Å². The highest BCUT2D eigenvalue weighted by Crippen LogP contribution is 2.27. The van der Waals surface area contributed by atoms with Crippen LogP contribution in [0.5, 0.6) is 0 Å². The molecule has 214 valence electrons. The number of nitrogens with zero attached hydrogens (tertiary/aromatic N) is 2. The van der Waals surface area contributed by atoms with Crippen LogP contribution in [0.4, 0.5) is 5.69 Å². The van der Waals surface area contributed by atoms with Crippen LogP contribution in [0, 0.1) is 13.8 Å². The van der Waals surface area contributed by atoms with E-state index in [0.717, 1.165) is 37.3 Å². The van der Waals surface area contributed by atoms with Crippen LogP contribution in [0.2, 0.25) is 0 Å². The first kappa shape index (κ1) is 31.4. The maximum Gasteiger partial charge on any atom is 0.244 e. The van der Waals surface area contributed by atoms with Crippen LogP contribution in [0.25, 0.3) is 0 Å². The summed E-state index contributed by atoms with van der Waals surface area (Å²) in [5, 5.41) is 3.03. The molecule has 7 nitrogen and oxygen atoms in total. The molecule has 0 aromatic heterocycles. The lowest BCUT2D eigenvalue weighted by molar-refractivity contribution is -0.140. The third kappa shape index (κ3) is 8.66. The molecule has 0 saturated carbocycles. The predicted octanol–water partition coefficient (Wildman–Crippen LogP) is 5.39. The number of hydrogen-bond acceptors (Lipinski definition) is 4. The lowest BCUT2D eigenvalue weighted by atomic mass is 10.0. The van der Waals surface area contributed by atoms with Crippen LogP contribution in [-0.2, 0) is 32.6 Å². The summed E-state index contributed by atoms with van der Waals surface area (Å²) in [6.07, 6.45) is 1.37. The van der Waals surface area contributed by atoms with Gasteiger partial charge in [0.05, 0.1) is 11.9 Å². The van der Waals surface area contributed by atoms with Crippen molar-refractivity contribution in [2.75, 3.05) is 17.1 Å². The van der Waals surface area contributed by atoms with Gasteiger partial charge in [-0.25, -0.2) is 8.42 Å². The molecule has 0 fully saturated rings. The Kier molecular flexibility index (Phi) is 10.2. The minimum Gasteiger partial charge on any atom is -0.350 e. The summed E-state index contributed by atoms with van der Waals surface area (Å²) in [5.74, 6) is -0.777. The number of halogens is 1. The number of sulfonamides is 1. The van der Waals surface area contributed by atoms with Crippen molar-refractivity contribution in [1.82, 2.24) is 10.2 Å². The fourth-order valence-corrected chi connectivity index (χ4v) is 5.80. The van der Waals surface area contributed by atoms with Gasteiger partial charge in [0.15, 0.2) is 0 Å². The van der Waals surface area contributed by atoms with E-state index in [4.69, 9.17) is 0 Å². The first-order valence-corrected chi connectivity index (χ1v) is 15.7. The van der Waals surface area contributed by atoms with Gasteiger partial charge in [-0.1, -0.05) is 76.6 Å². The van der Waals surface area contributed by atoms with E-state index in [0.29, 0.717) is 5.69 Å². The summed E-state index contributed by atoms with van der Waals surface area (Å²) in [6, 6.07) is 21.6. The minimum atomic E-state index is -3.82. The van der Waals surface area contributed by atoms with Crippen LogP contribution < -0.4 is 9.62 Å². The third-order valence-corrected chi connectivity index (χ3v) is 8.04. The summed E-state index contributed by atoms with van der Waals surface area (Å²) in [6.45, 7) is 8.99. The van der Waals surface area contributed by atoms with Gasteiger partial charge in [-0.2, -0.15) is 0 Å². The van der Waals surface area contributed by atoms with E-state index in [1.54, 1.807) is 0 Å². The van der Waals surface area contributed by atoms with Crippen LogP contribution >= 0.6 is 15.9 Å². The van der Waals surface area contributed by atoms with Crippen molar-refractivity contribution in [3.8, 4) is 0 Å². The first-order valence-electron chi connectivity index (χ1n) is 13.1. The molecule has 0 aliphatic carbocycles. The van der Waals surface area contributed by atoms with Crippen molar-refractivity contribution in [2.45, 2.75) is 59.2 Å². The predicted molar refractivity (Wildman–Crippen MR) is 165 cm³/mol. The van der Waals surface area contributed by atoms with Crippen molar-refractivity contribution < 1.29 is 18.0 Å². The fourth-order valence-electron chi connectivity index (χ4n) is 4.57. The number of benzene rings is 3. The zero-order chi connectivity index (χ0) is 29.7. The largest absolute Gasteiger partial charge is 0.350 e. The van der Waals surface area contributed by atoms with Crippen LogP contribution in [0.15, 0.2) is 77.3 Å². The van der Waals surface area contributed by atoms with Gasteiger partial charge in [0.1, 0.15) is 12.6 Å². The molecule has 9 heteroatoms. The Morgan fingerprint density at radius 2 is 1.45 bits per heavy atom. The smallest absolute Gasteiger partial charge is 0.244 e. The maximum atomic E-state index is 14.2. The standard InChI is InChI=1S/C31H38BrN3O4S/c1-22-11-10-12-23(2)29(22)35(40(6,38)39)21-28(36)34(20-25-15-17-26(32)18-16-25)27(30(37)33-31(3,4)5)19-24-13-8-7-9-14-24/h7-18,27H,19-21H2,1-6H3,(H,33,37)/t27-/m1/s1. The van der Waals surface area contributed by atoms with E-state index in [-0.39, 0.29) is 18.9 Å². The molecule has 0 heterocycles. The zero-order valence-electron chi connectivity index (χ0n) is 23.9. The van der Waals surface area contributed by atoms with Crippen LogP contribution in [0.3, 0.4) is 0 Å². The summed E-state index contributed by atoms with van der Waals surface area (Å²) in [7, 11) is -3.82. The molecular weight excluding hydrogens is 590 g/mol. The SMILES string of the molecule is Cc1cccc(C)c1N(CC(=O)N(Cc1ccc(Br)cc1)[C@H](Cc1ccccc1)C(=O)NC(C)(C)C)S(C)(=O)=O. The molecule has 40 heavy (non-hydrogen) atoms. The number of para-hydroxylation sites is 1. The van der Waals surface area contributed by atoms with Gasteiger partial charge in [0.2, 0.25) is 21.8 Å². The van der Waals surface area contributed by atoms with E-state index in [1.165, 1.54) is 4.90 Å². The average molecular weight is 629 g/mol. The van der Waals surface area contributed by atoms with E-state index < -0.39 is 34.1 Å². The van der Waals surface area contributed by atoms with Crippen molar-refractivity contribution in [2.24, 2.45) is 0 Å². The molecule has 1 N–H and O–H groups in total. The highest BCUT2D eigenvalue weighted by molar-refractivity contribution is 9.10. The van der Waals surface area contributed by atoms with Crippen molar-refractivity contribution in [1.29, 1.82) is 0 Å². The van der Waals surface area contributed by atoms with E-state index in [9.17, 15) is 18.0 Å². The van der Waals surface area contributed by atoms with Crippen molar-refractivity contribution >= 4 is 43.5 Å². The highest BCUT2D eigenvalue weighted by Gasteiger charge is 2.34. The number of nitrogens with one attached hydrogen (secondary N) is 1. The summed E-state index contributed by atoms with van der Waals surface area (Å²) in [4.78, 5) is 29.5. The fraction of sp³-hybridized carbons (Fsp3) is 0.355. The van der Waals surface area contributed by atoms with E-state index in [1.807, 2.05) is 107 Å². The van der Waals surface area contributed by atoms with Crippen molar-refractivity contribution in [3.05, 3.63) is 99.5 Å².